The SMILES string of the molecule is COc1cc(OC2CC3C(=O)NC4(C(=O)NS(=O)(=O)C5(C)CC5)CC4C=CCCC(C)CC(C)C(NC(=O)OC(C)(C)C(F)(F)F)C(=O)N3C2)c2cc(F)c(OC)cc2n1. The maximum atomic E-state index is 15.0. The number of alkyl halides is 3. The Morgan fingerprint density at radius 2 is 1.73 bits per heavy atom. The van der Waals surface area contributed by atoms with Gasteiger partial charge in [0.15, 0.2) is 11.6 Å². The normalized spacial score (nSPS) is 28.3. The zero-order valence-corrected chi connectivity index (χ0v) is 35.2. The van der Waals surface area contributed by atoms with Crippen LogP contribution in [0.1, 0.15) is 79.6 Å². The lowest BCUT2D eigenvalue weighted by atomic mass is 9.88. The quantitative estimate of drug-likeness (QED) is 0.226. The first-order chi connectivity index (χ1) is 27.9. The predicted octanol–water partition coefficient (Wildman–Crippen LogP) is 5.06. The van der Waals surface area contributed by atoms with Crippen molar-refractivity contribution in [3.63, 3.8) is 0 Å². The lowest BCUT2D eigenvalue weighted by Crippen LogP contribution is -2.59. The molecular weight excluding hydrogens is 819 g/mol. The molecule has 0 radical (unpaired) electrons. The summed E-state index contributed by atoms with van der Waals surface area (Å²) in [5.41, 5.74) is -4.39. The summed E-state index contributed by atoms with van der Waals surface area (Å²) in [6.45, 7) is 6.09. The maximum Gasteiger partial charge on any atom is 0.427 e. The summed E-state index contributed by atoms with van der Waals surface area (Å²) in [6, 6.07) is 0.945. The number of aromatic nitrogens is 1. The Bertz CT molecular complexity index is 2180. The molecule has 2 saturated carbocycles. The number of rotatable bonds is 9. The van der Waals surface area contributed by atoms with Gasteiger partial charge in [0, 0.05) is 29.9 Å². The second-order valence-corrected chi connectivity index (χ2v) is 19.3. The number of nitrogens with one attached hydrogen (secondary N) is 3. The number of amides is 4. The number of hydrogen-bond donors (Lipinski definition) is 3. The zero-order chi connectivity index (χ0) is 44.2. The number of nitrogens with zero attached hydrogens (tertiary/aromatic N) is 2. The highest BCUT2D eigenvalue weighted by molar-refractivity contribution is 7.91. The first-order valence-electron chi connectivity index (χ1n) is 19.8. The van der Waals surface area contributed by atoms with E-state index in [1.54, 1.807) is 13.0 Å². The summed E-state index contributed by atoms with van der Waals surface area (Å²) in [5, 5.41) is 5.30. The molecule has 20 heteroatoms. The van der Waals surface area contributed by atoms with Gasteiger partial charge in [0.1, 0.15) is 29.5 Å². The van der Waals surface area contributed by atoms with Crippen LogP contribution in [0.25, 0.3) is 10.9 Å². The Morgan fingerprint density at radius 1 is 1.03 bits per heavy atom. The molecule has 1 aromatic carbocycles. The molecule has 6 rings (SSSR count). The molecule has 330 valence electrons. The molecule has 2 aliphatic heterocycles. The van der Waals surface area contributed by atoms with Gasteiger partial charge in [-0.15, -0.1) is 0 Å². The van der Waals surface area contributed by atoms with E-state index in [2.05, 4.69) is 20.3 Å². The van der Waals surface area contributed by atoms with Crippen LogP contribution >= 0.6 is 0 Å². The van der Waals surface area contributed by atoms with E-state index >= 15 is 4.39 Å². The standard InChI is InChI=1S/C40H51F4N5O10S/c1-21-10-8-9-11-23-19-39(23,35(52)48-60(54,55)38(5)12-13-38)47-33(50)28-15-24(58-29-18-31(57-7)45-27-17-30(56-6)26(41)16-25(27)29)20-49(28)34(51)32(22(2)14-21)46-36(53)59-37(3,4)40(42,43)44/h9,11,16-18,21-24,28,32H,8,10,12-15,19-20H2,1-7H3,(H,46,53)(H,47,50)(H,48,52). The molecule has 1 aromatic heterocycles. The minimum Gasteiger partial charge on any atom is -0.494 e. The molecule has 1 saturated heterocycles. The van der Waals surface area contributed by atoms with Crippen LogP contribution in [-0.4, -0.2) is 103 Å². The van der Waals surface area contributed by atoms with E-state index in [0.29, 0.717) is 46.0 Å². The molecule has 15 nitrogen and oxygen atoms in total. The minimum atomic E-state index is -4.95. The van der Waals surface area contributed by atoms with Crippen molar-refractivity contribution in [1.29, 1.82) is 0 Å². The van der Waals surface area contributed by atoms with E-state index in [4.69, 9.17) is 18.9 Å². The topological polar surface area (TPSA) is 192 Å². The van der Waals surface area contributed by atoms with Gasteiger partial charge in [0.05, 0.1) is 31.0 Å². The van der Waals surface area contributed by atoms with E-state index in [1.807, 2.05) is 13.0 Å². The van der Waals surface area contributed by atoms with Gasteiger partial charge in [-0.2, -0.15) is 13.2 Å². The number of carbonyl (C=O) groups excluding carboxylic acids is 4. The lowest BCUT2D eigenvalue weighted by Gasteiger charge is -2.34. The zero-order valence-electron chi connectivity index (χ0n) is 34.4. The van der Waals surface area contributed by atoms with Crippen molar-refractivity contribution in [2.45, 2.75) is 120 Å². The van der Waals surface area contributed by atoms with Gasteiger partial charge in [-0.25, -0.2) is 22.6 Å². The fourth-order valence-electron chi connectivity index (χ4n) is 7.75. The van der Waals surface area contributed by atoms with Gasteiger partial charge in [-0.3, -0.25) is 19.1 Å². The fraction of sp³-hybridized carbons (Fsp3) is 0.625. The molecule has 3 N–H and O–H groups in total. The van der Waals surface area contributed by atoms with Crippen LogP contribution in [0, 0.1) is 23.6 Å². The molecule has 3 heterocycles. The second kappa shape index (κ2) is 16.2. The van der Waals surface area contributed by atoms with Crippen LogP contribution in [0.15, 0.2) is 30.4 Å². The van der Waals surface area contributed by atoms with E-state index in [-0.39, 0.29) is 53.6 Å². The van der Waals surface area contributed by atoms with Gasteiger partial charge in [-0.05, 0) is 77.2 Å². The largest absolute Gasteiger partial charge is 0.494 e. The van der Waals surface area contributed by atoms with Gasteiger partial charge >= 0.3 is 12.3 Å². The molecule has 0 bridgehead atoms. The molecule has 0 spiro atoms. The molecule has 7 atom stereocenters. The average Bonchev–Trinajstić information content (AvgIpc) is 4.04. The van der Waals surface area contributed by atoms with Crippen LogP contribution in [0.4, 0.5) is 22.4 Å². The smallest absolute Gasteiger partial charge is 0.427 e. The number of sulfonamides is 1. The van der Waals surface area contributed by atoms with Crippen molar-refractivity contribution >= 4 is 44.7 Å². The van der Waals surface area contributed by atoms with Crippen LogP contribution < -0.4 is 29.6 Å². The number of ether oxygens (including phenoxy) is 4. The summed E-state index contributed by atoms with van der Waals surface area (Å²) < 4.78 is 105. The molecule has 60 heavy (non-hydrogen) atoms. The average molecular weight is 870 g/mol. The lowest BCUT2D eigenvalue weighted by molar-refractivity contribution is -0.244. The number of hydrogen-bond acceptors (Lipinski definition) is 11. The highest BCUT2D eigenvalue weighted by atomic mass is 32.2. The van der Waals surface area contributed by atoms with Crippen molar-refractivity contribution in [1.82, 2.24) is 25.2 Å². The third kappa shape index (κ3) is 8.93. The van der Waals surface area contributed by atoms with Gasteiger partial charge < -0.3 is 34.5 Å². The first-order valence-corrected chi connectivity index (χ1v) is 21.2. The van der Waals surface area contributed by atoms with Crippen molar-refractivity contribution < 1.29 is 64.1 Å². The molecule has 3 fully saturated rings. The highest BCUT2D eigenvalue weighted by Gasteiger charge is 2.63. The van der Waals surface area contributed by atoms with Crippen LogP contribution in [0.5, 0.6) is 17.4 Å². The van der Waals surface area contributed by atoms with Crippen LogP contribution in [-0.2, 0) is 29.1 Å². The molecule has 7 unspecified atom stereocenters. The third-order valence-corrected chi connectivity index (χ3v) is 14.2. The van der Waals surface area contributed by atoms with Crippen LogP contribution in [0.3, 0.4) is 0 Å². The number of allylic oxidation sites excluding steroid dienone is 1. The van der Waals surface area contributed by atoms with Crippen LogP contribution in [0.2, 0.25) is 0 Å². The summed E-state index contributed by atoms with van der Waals surface area (Å²) in [5.74, 6) is -4.69. The summed E-state index contributed by atoms with van der Waals surface area (Å²) in [4.78, 5) is 61.9. The Hall–Kier alpha value is -4.88. The molecule has 4 aliphatic rings. The fourth-order valence-corrected chi connectivity index (χ4v) is 9.07. The minimum absolute atomic E-state index is 0.0589. The number of alkyl carbamates (subject to hydrolysis) is 1. The Balaban J connectivity index is 1.38. The van der Waals surface area contributed by atoms with Gasteiger partial charge in [0.25, 0.3) is 5.91 Å². The Morgan fingerprint density at radius 3 is 2.37 bits per heavy atom. The van der Waals surface area contributed by atoms with E-state index in [1.165, 1.54) is 33.3 Å². The van der Waals surface area contributed by atoms with Crippen molar-refractivity contribution in [3.05, 3.63) is 36.2 Å². The number of benzene rings is 1. The van der Waals surface area contributed by atoms with E-state index in [9.17, 15) is 40.8 Å². The number of halogens is 4. The number of fused-ring (bicyclic) bond motifs is 3. The van der Waals surface area contributed by atoms with Crippen molar-refractivity contribution in [2.75, 3.05) is 20.8 Å². The summed E-state index contributed by atoms with van der Waals surface area (Å²) >= 11 is 0. The molecule has 2 aromatic rings. The van der Waals surface area contributed by atoms with E-state index in [0.717, 1.165) is 11.0 Å². The Kier molecular flexibility index (Phi) is 12.1. The van der Waals surface area contributed by atoms with Crippen molar-refractivity contribution in [3.8, 4) is 17.4 Å². The Labute approximate surface area is 345 Å². The molecular formula is C40H51F4N5O10S. The number of methoxy groups -OCH3 is 2. The maximum absolute atomic E-state index is 15.0. The summed E-state index contributed by atoms with van der Waals surface area (Å²) in [6.07, 6.45) is -1.93. The van der Waals surface area contributed by atoms with Crippen molar-refractivity contribution in [2.24, 2.45) is 17.8 Å². The molecule has 2 aliphatic carbocycles. The van der Waals surface area contributed by atoms with Gasteiger partial charge in [-0.1, -0.05) is 26.0 Å². The third-order valence-electron chi connectivity index (χ3n) is 12.1. The second-order valence-electron chi connectivity index (χ2n) is 17.1. The predicted molar refractivity (Wildman–Crippen MR) is 208 cm³/mol. The molecule has 4 amide bonds. The van der Waals surface area contributed by atoms with E-state index < -0.39 is 91.7 Å². The number of pyridine rings is 1. The first kappa shape index (κ1) is 44.7. The number of carbonyl (C=O) groups is 4. The monoisotopic (exact) mass is 869 g/mol. The summed E-state index contributed by atoms with van der Waals surface area (Å²) in [7, 11) is -1.48. The highest BCUT2D eigenvalue weighted by Crippen LogP contribution is 2.48. The van der Waals surface area contributed by atoms with Gasteiger partial charge in [0.2, 0.25) is 33.3 Å².